The van der Waals surface area contributed by atoms with Crippen molar-refractivity contribution in [1.82, 2.24) is 0 Å². The lowest BCUT2D eigenvalue weighted by molar-refractivity contribution is 1.20. The van der Waals surface area contributed by atoms with Crippen molar-refractivity contribution in [3.8, 4) is 22.3 Å². The van der Waals surface area contributed by atoms with Crippen LogP contribution in [0.15, 0.2) is 358 Å². The maximum Gasteiger partial charge on any atom is 0.0488 e. The van der Waals surface area contributed by atoms with Gasteiger partial charge in [-0.2, -0.15) is 0 Å². The van der Waals surface area contributed by atoms with E-state index in [1.807, 2.05) is 0 Å². The van der Waals surface area contributed by atoms with Crippen LogP contribution in [0.3, 0.4) is 0 Å². The van der Waals surface area contributed by atoms with Gasteiger partial charge in [-0.3, -0.25) is 0 Å². The van der Waals surface area contributed by atoms with Crippen molar-refractivity contribution < 1.29 is 0 Å². The van der Waals surface area contributed by atoms with Gasteiger partial charge in [-0.1, -0.05) is 248 Å². The highest BCUT2D eigenvalue weighted by atomic mass is 15.1. The molecule has 0 saturated carbocycles. The first kappa shape index (κ1) is 58.3. The Labute approximate surface area is 566 Å². The van der Waals surface area contributed by atoms with E-state index in [0.717, 1.165) is 45.5 Å². The van der Waals surface area contributed by atoms with Gasteiger partial charge in [-0.25, -0.2) is 0 Å². The molecule has 0 amide bonds. The molecular formula is C93H68N4. The SMILES string of the molecule is CN(c1ccc(-c2ccc(N(c3ccc4ccccc4c3)c3ccc4ccccc4c3)cc2)cc1)c1ccc2c3cccc4cccc(c5cccc1c52)c43.Cc1ccc(N(C)c2ccc(-c3ccc(N(c4ccc5ccccc5c4)c4ccc5ccccc5c4)cc3)cc2)cc1. The van der Waals surface area contributed by atoms with Gasteiger partial charge in [0.25, 0.3) is 0 Å². The molecule has 460 valence electrons. The van der Waals surface area contributed by atoms with Crippen molar-refractivity contribution in [2.24, 2.45) is 0 Å². The quantitative estimate of drug-likeness (QED) is 0.0893. The predicted molar refractivity (Wildman–Crippen MR) is 418 cm³/mol. The second kappa shape index (κ2) is 24.8. The van der Waals surface area contributed by atoms with E-state index >= 15 is 0 Å². The average molecular weight is 1240 g/mol. The Morgan fingerprint density at radius 1 is 0.186 bits per heavy atom. The molecule has 0 radical (unpaired) electrons. The number of nitrogens with zero attached hydrogens (tertiary/aromatic N) is 4. The van der Waals surface area contributed by atoms with E-state index in [0.29, 0.717) is 0 Å². The molecule has 4 nitrogen and oxygen atoms in total. The maximum absolute atomic E-state index is 2.36. The van der Waals surface area contributed by atoms with Gasteiger partial charge >= 0.3 is 0 Å². The van der Waals surface area contributed by atoms with Gasteiger partial charge in [-0.05, 0) is 225 Å². The summed E-state index contributed by atoms with van der Waals surface area (Å²) in [6.07, 6.45) is 0. The van der Waals surface area contributed by atoms with E-state index in [9.17, 15) is 0 Å². The summed E-state index contributed by atoms with van der Waals surface area (Å²) in [5, 5.41) is 20.4. The molecule has 18 rings (SSSR count). The third kappa shape index (κ3) is 11.0. The summed E-state index contributed by atoms with van der Waals surface area (Å²) in [6.45, 7) is 2.12. The highest BCUT2D eigenvalue weighted by Crippen LogP contribution is 2.46. The van der Waals surface area contributed by atoms with Crippen LogP contribution < -0.4 is 19.6 Å². The first-order valence-electron chi connectivity index (χ1n) is 33.4. The Kier molecular flexibility index (Phi) is 14.9. The van der Waals surface area contributed by atoms with Gasteiger partial charge < -0.3 is 19.6 Å². The molecule has 0 aliphatic carbocycles. The Bertz CT molecular complexity index is 5710. The second-order valence-corrected chi connectivity index (χ2v) is 25.5. The van der Waals surface area contributed by atoms with Crippen LogP contribution >= 0.6 is 0 Å². The van der Waals surface area contributed by atoms with Crippen LogP contribution in [-0.4, -0.2) is 14.1 Å². The minimum atomic E-state index is 1.12. The predicted octanol–water partition coefficient (Wildman–Crippen LogP) is 26.2. The molecule has 0 heterocycles. The number of fused-ring (bicyclic) bond motifs is 6. The van der Waals surface area contributed by atoms with E-state index in [1.165, 1.54) is 125 Å². The molecule has 0 unspecified atom stereocenters. The molecular weight excluding hydrogens is 1170 g/mol. The summed E-state index contributed by atoms with van der Waals surface area (Å²) >= 11 is 0. The highest BCUT2D eigenvalue weighted by molar-refractivity contribution is 6.34. The van der Waals surface area contributed by atoms with Crippen LogP contribution in [-0.2, 0) is 0 Å². The molecule has 0 aliphatic heterocycles. The zero-order valence-corrected chi connectivity index (χ0v) is 54.4. The molecule has 0 bridgehead atoms. The second-order valence-electron chi connectivity index (χ2n) is 25.5. The van der Waals surface area contributed by atoms with Crippen molar-refractivity contribution in [2.75, 3.05) is 33.7 Å². The van der Waals surface area contributed by atoms with Crippen LogP contribution in [0, 0.1) is 6.92 Å². The number of hydrogen-bond acceptors (Lipinski definition) is 4. The monoisotopic (exact) mass is 1240 g/mol. The van der Waals surface area contributed by atoms with Gasteiger partial charge in [0, 0.05) is 76.4 Å². The smallest absolute Gasteiger partial charge is 0.0488 e. The molecule has 97 heavy (non-hydrogen) atoms. The lowest BCUT2D eigenvalue weighted by atomic mass is 9.89. The topological polar surface area (TPSA) is 13.0 Å². The lowest BCUT2D eigenvalue weighted by Crippen LogP contribution is -2.10. The number of rotatable bonds is 12. The normalized spacial score (nSPS) is 11.5. The average Bonchev–Trinajstić information content (AvgIpc) is 0.719. The fraction of sp³-hybridized carbons (Fsp3) is 0.0323. The molecule has 4 heteroatoms. The number of hydrogen-bond donors (Lipinski definition) is 0. The Morgan fingerprint density at radius 3 is 0.845 bits per heavy atom. The molecule has 0 fully saturated rings. The zero-order valence-electron chi connectivity index (χ0n) is 54.4. The summed E-state index contributed by atoms with van der Waals surface area (Å²) < 4.78 is 0. The maximum atomic E-state index is 2.36. The molecule has 0 aromatic heterocycles. The number of anilines is 10. The molecule has 0 N–H and O–H groups in total. The molecule has 0 atom stereocenters. The van der Waals surface area contributed by atoms with Crippen molar-refractivity contribution in [2.45, 2.75) is 6.92 Å². The van der Waals surface area contributed by atoms with Crippen molar-refractivity contribution in [1.29, 1.82) is 0 Å². The summed E-state index contributed by atoms with van der Waals surface area (Å²) in [4.78, 5) is 9.25. The highest BCUT2D eigenvalue weighted by Gasteiger charge is 2.20. The van der Waals surface area contributed by atoms with E-state index in [2.05, 4.69) is 399 Å². The number of aryl methyl sites for hydroxylation is 1. The summed E-state index contributed by atoms with van der Waals surface area (Å²) in [6, 6.07) is 130. The van der Waals surface area contributed by atoms with E-state index in [1.54, 1.807) is 0 Å². The van der Waals surface area contributed by atoms with Crippen LogP contribution in [0.4, 0.5) is 56.9 Å². The van der Waals surface area contributed by atoms with Gasteiger partial charge in [-0.15, -0.1) is 0 Å². The third-order valence-electron chi connectivity index (χ3n) is 19.7. The van der Waals surface area contributed by atoms with Crippen LogP contribution in [0.1, 0.15) is 5.56 Å². The zero-order chi connectivity index (χ0) is 64.9. The van der Waals surface area contributed by atoms with Gasteiger partial charge in [0.15, 0.2) is 0 Å². The fourth-order valence-electron chi connectivity index (χ4n) is 14.5. The molecule has 0 saturated heterocycles. The van der Waals surface area contributed by atoms with E-state index < -0.39 is 0 Å². The van der Waals surface area contributed by atoms with Crippen molar-refractivity contribution in [3.63, 3.8) is 0 Å². The summed E-state index contributed by atoms with van der Waals surface area (Å²) in [5.74, 6) is 0. The molecule has 18 aromatic rings. The lowest BCUT2D eigenvalue weighted by Gasteiger charge is -2.26. The fourth-order valence-corrected chi connectivity index (χ4v) is 14.5. The Hall–Kier alpha value is -12.5. The van der Waals surface area contributed by atoms with Crippen LogP contribution in [0.2, 0.25) is 0 Å². The summed E-state index contributed by atoms with van der Waals surface area (Å²) in [7, 11) is 4.29. The van der Waals surface area contributed by atoms with Gasteiger partial charge in [0.2, 0.25) is 0 Å². The van der Waals surface area contributed by atoms with Crippen molar-refractivity contribution in [3.05, 3.63) is 363 Å². The first-order chi connectivity index (χ1) is 47.8. The summed E-state index contributed by atoms with van der Waals surface area (Å²) in [5.41, 5.74) is 17.5. The Balaban J connectivity index is 0.000000152. The minimum absolute atomic E-state index is 1.12. The first-order valence-corrected chi connectivity index (χ1v) is 33.4. The van der Waals surface area contributed by atoms with E-state index in [-0.39, 0.29) is 0 Å². The van der Waals surface area contributed by atoms with Crippen LogP contribution in [0.5, 0.6) is 0 Å². The van der Waals surface area contributed by atoms with Gasteiger partial charge in [0.1, 0.15) is 0 Å². The molecule has 0 aliphatic rings. The minimum Gasteiger partial charge on any atom is -0.345 e. The largest absolute Gasteiger partial charge is 0.345 e. The number of benzene rings is 18. The molecule has 18 aromatic carbocycles. The van der Waals surface area contributed by atoms with Gasteiger partial charge in [0.05, 0.1) is 0 Å². The Morgan fingerprint density at radius 2 is 0.464 bits per heavy atom. The van der Waals surface area contributed by atoms with Crippen molar-refractivity contribution >= 4 is 143 Å². The molecule has 0 spiro atoms. The van der Waals surface area contributed by atoms with E-state index in [4.69, 9.17) is 0 Å². The standard InChI is InChI=1S/C53H36N2.C40H32N2/c1-54(51-32-31-49-47-16-7-14-39-13-6-15-46(52(39)47)48-17-8-18-50(51)53(48)49)42-25-19-37(20-26-42)38-21-27-43(28-22-38)55(44-29-23-35-9-2-4-11-40(35)33-44)45-30-24-36-10-3-5-12-41(36)34-45;1-29-11-19-36(20-12-29)41(2)37-21-13-32(14-22-37)33-15-23-38(24-16-33)42(39-25-17-30-7-3-5-9-34(30)27-39)40-26-18-31-8-4-6-10-35(31)28-40/h2-34H,1H3;3-28H,1-2H3. The third-order valence-corrected chi connectivity index (χ3v) is 19.7. The van der Waals surface area contributed by atoms with Crippen LogP contribution in [0.25, 0.3) is 108 Å².